The van der Waals surface area contributed by atoms with Crippen LogP contribution in [-0.2, 0) is 19.9 Å². The summed E-state index contributed by atoms with van der Waals surface area (Å²) >= 11 is 0. The molecule has 0 N–H and O–H groups in total. The van der Waals surface area contributed by atoms with Gasteiger partial charge in [-0.15, -0.1) is 0 Å². The van der Waals surface area contributed by atoms with Crippen LogP contribution >= 0.6 is 0 Å². The molecular formula is C37H35BN4. The number of aromatic nitrogens is 4. The number of fused-ring (bicyclic) bond motifs is 9. The Labute approximate surface area is 248 Å². The van der Waals surface area contributed by atoms with Crippen LogP contribution in [0.1, 0.15) is 45.0 Å². The van der Waals surface area contributed by atoms with E-state index in [0.717, 1.165) is 41.3 Å². The lowest BCUT2D eigenvalue weighted by Crippen LogP contribution is -2.55. The third-order valence-corrected chi connectivity index (χ3v) is 8.81. The molecule has 3 heterocycles. The number of rotatable bonds is 2. The van der Waals surface area contributed by atoms with Crippen LogP contribution in [0.15, 0.2) is 97.2 Å². The fraction of sp³-hybridized carbons (Fsp3) is 0.189. The van der Waals surface area contributed by atoms with Crippen LogP contribution in [0.25, 0.3) is 16.9 Å². The highest BCUT2D eigenvalue weighted by atomic mass is 15.1. The van der Waals surface area contributed by atoms with E-state index in [1.54, 1.807) is 0 Å². The first-order valence-electron chi connectivity index (χ1n) is 14.8. The fourth-order valence-electron chi connectivity index (χ4n) is 6.73. The minimum atomic E-state index is -0.0475. The summed E-state index contributed by atoms with van der Waals surface area (Å²) in [6.45, 7) is 8.74. The van der Waals surface area contributed by atoms with Gasteiger partial charge in [-0.3, -0.25) is 0 Å². The van der Waals surface area contributed by atoms with Crippen LogP contribution in [0.5, 0.6) is 0 Å². The van der Waals surface area contributed by atoms with Crippen molar-refractivity contribution in [1.29, 1.82) is 0 Å². The van der Waals surface area contributed by atoms with Gasteiger partial charge in [0.05, 0.1) is 22.8 Å². The fourth-order valence-corrected chi connectivity index (χ4v) is 6.73. The molecule has 4 aromatic carbocycles. The number of imidazole rings is 2. The van der Waals surface area contributed by atoms with Gasteiger partial charge in [0.2, 0.25) is 0 Å². The maximum Gasteiger partial charge on any atom is 0.288 e. The Hall–Kier alpha value is -4.64. The number of aryl methyl sites for hydroxylation is 3. The standard InChI is InChI=1S/C37H35BN4/c1-24-17-25(2)36(26(3)18-24)42-23-34-30-13-9-11-28(19-30)22-35-39-33(27(4)41(35)5)21-29-12-10-16-32(20-29)38(37(42)40-34)31-14-7-6-8-15-31/h6-20,23H,21-22H2,1-5H3. The summed E-state index contributed by atoms with van der Waals surface area (Å²) in [5.74, 6) is 1.09. The van der Waals surface area contributed by atoms with Gasteiger partial charge in [-0.1, -0.05) is 101 Å². The second-order valence-electron chi connectivity index (χ2n) is 11.9. The van der Waals surface area contributed by atoms with Crippen molar-refractivity contribution in [2.45, 2.75) is 40.5 Å². The van der Waals surface area contributed by atoms with Crippen LogP contribution < -0.4 is 16.6 Å². The first-order valence-corrected chi connectivity index (χ1v) is 14.8. The molecular weight excluding hydrogens is 511 g/mol. The van der Waals surface area contributed by atoms with Gasteiger partial charge in [0.1, 0.15) is 5.82 Å². The number of nitrogens with zero attached hydrogens (tertiary/aromatic N) is 4. The first kappa shape index (κ1) is 26.3. The first-order chi connectivity index (χ1) is 20.4. The summed E-state index contributed by atoms with van der Waals surface area (Å²) < 4.78 is 4.61. The molecule has 1 aliphatic heterocycles. The average Bonchev–Trinajstić information content (AvgIpc) is 3.50. The highest BCUT2D eigenvalue weighted by molar-refractivity contribution is 6.94. The molecule has 4 nitrogen and oxygen atoms in total. The number of hydrogen-bond donors (Lipinski definition) is 0. The van der Waals surface area contributed by atoms with Crippen LogP contribution in [0.2, 0.25) is 0 Å². The van der Waals surface area contributed by atoms with E-state index in [-0.39, 0.29) is 6.71 Å². The van der Waals surface area contributed by atoms with Gasteiger partial charge in [-0.25, -0.2) is 9.97 Å². The molecule has 8 bridgehead atoms. The van der Waals surface area contributed by atoms with Crippen LogP contribution in [0, 0.1) is 27.7 Å². The molecule has 6 aromatic rings. The molecule has 0 saturated heterocycles. The van der Waals surface area contributed by atoms with Gasteiger partial charge >= 0.3 is 0 Å². The molecule has 1 aliphatic rings. The maximum absolute atomic E-state index is 5.47. The molecule has 0 unspecified atom stereocenters. The van der Waals surface area contributed by atoms with Crippen molar-refractivity contribution in [3.63, 3.8) is 0 Å². The van der Waals surface area contributed by atoms with Gasteiger partial charge in [-0.05, 0) is 56.0 Å². The summed E-state index contributed by atoms with van der Waals surface area (Å²) in [6.07, 6.45) is 3.82. The Morgan fingerprint density at radius 2 is 1.38 bits per heavy atom. The Balaban J connectivity index is 1.55. The van der Waals surface area contributed by atoms with E-state index in [2.05, 4.69) is 141 Å². The normalized spacial score (nSPS) is 12.6. The van der Waals surface area contributed by atoms with Crippen molar-refractivity contribution in [2.24, 2.45) is 7.05 Å². The predicted molar refractivity (Wildman–Crippen MR) is 174 cm³/mol. The van der Waals surface area contributed by atoms with Crippen molar-refractivity contribution in [3.8, 4) is 16.9 Å². The van der Waals surface area contributed by atoms with Gasteiger partial charge in [0.25, 0.3) is 6.71 Å². The topological polar surface area (TPSA) is 35.6 Å². The van der Waals surface area contributed by atoms with Crippen molar-refractivity contribution in [2.75, 3.05) is 0 Å². The summed E-state index contributed by atoms with van der Waals surface area (Å²) in [5.41, 5.74) is 15.4. The lowest BCUT2D eigenvalue weighted by atomic mass is 9.39. The van der Waals surface area contributed by atoms with Gasteiger partial charge < -0.3 is 9.13 Å². The van der Waals surface area contributed by atoms with Gasteiger partial charge in [0, 0.05) is 37.3 Å². The zero-order valence-corrected chi connectivity index (χ0v) is 25.0. The summed E-state index contributed by atoms with van der Waals surface area (Å²) in [5, 5.41) is 0. The second kappa shape index (κ2) is 10.3. The maximum atomic E-state index is 5.47. The molecule has 0 atom stereocenters. The molecule has 0 saturated carbocycles. The summed E-state index contributed by atoms with van der Waals surface area (Å²) in [7, 11) is 2.14. The number of hydrogen-bond acceptors (Lipinski definition) is 2. The second-order valence-corrected chi connectivity index (χ2v) is 11.9. The van der Waals surface area contributed by atoms with Crippen molar-refractivity contribution in [3.05, 3.63) is 142 Å². The zero-order valence-electron chi connectivity index (χ0n) is 25.0. The molecule has 0 fully saturated rings. The molecule has 0 spiro atoms. The van der Waals surface area contributed by atoms with E-state index in [1.807, 2.05) is 0 Å². The van der Waals surface area contributed by atoms with E-state index < -0.39 is 0 Å². The minimum absolute atomic E-state index is 0.0475. The molecule has 0 aliphatic carbocycles. The quantitative estimate of drug-likeness (QED) is 0.268. The Bertz CT molecular complexity index is 1920. The molecule has 0 amide bonds. The van der Waals surface area contributed by atoms with Crippen molar-refractivity contribution in [1.82, 2.24) is 19.1 Å². The summed E-state index contributed by atoms with van der Waals surface area (Å²) in [4.78, 5) is 10.6. The predicted octanol–water partition coefficient (Wildman–Crippen LogP) is 5.52. The SMILES string of the molecule is Cc1cc(C)c(-n2cc3nc2B(c2ccccc2)c2cccc(c2)Cc2nc(n(C)c2C)Cc2cccc-3c2)c(C)c1. The van der Waals surface area contributed by atoms with Crippen LogP contribution in [0.4, 0.5) is 0 Å². The Morgan fingerprint density at radius 1 is 0.690 bits per heavy atom. The Kier molecular flexibility index (Phi) is 6.46. The zero-order chi connectivity index (χ0) is 29.0. The number of benzene rings is 4. The molecule has 206 valence electrons. The van der Waals surface area contributed by atoms with Gasteiger partial charge in [0.15, 0.2) is 0 Å². The lowest BCUT2D eigenvalue weighted by molar-refractivity contribution is 0.797. The highest BCUT2D eigenvalue weighted by Crippen LogP contribution is 2.26. The van der Waals surface area contributed by atoms with Crippen molar-refractivity contribution >= 4 is 23.4 Å². The third-order valence-electron chi connectivity index (χ3n) is 8.81. The van der Waals surface area contributed by atoms with E-state index in [0.29, 0.717) is 0 Å². The molecule has 42 heavy (non-hydrogen) atoms. The van der Waals surface area contributed by atoms with Crippen LogP contribution in [-0.4, -0.2) is 25.8 Å². The smallest absolute Gasteiger partial charge is 0.288 e. The molecule has 5 heteroatoms. The van der Waals surface area contributed by atoms with E-state index in [1.165, 1.54) is 50.1 Å². The average molecular weight is 547 g/mol. The van der Waals surface area contributed by atoms with E-state index >= 15 is 0 Å². The van der Waals surface area contributed by atoms with Crippen LogP contribution in [0.3, 0.4) is 0 Å². The van der Waals surface area contributed by atoms with E-state index in [9.17, 15) is 0 Å². The summed E-state index contributed by atoms with van der Waals surface area (Å²) in [6, 6.07) is 33.2. The van der Waals surface area contributed by atoms with E-state index in [4.69, 9.17) is 9.97 Å². The van der Waals surface area contributed by atoms with Crippen molar-refractivity contribution < 1.29 is 0 Å². The Morgan fingerprint density at radius 3 is 2.14 bits per heavy atom. The third kappa shape index (κ3) is 4.59. The minimum Gasteiger partial charge on any atom is -0.335 e. The van der Waals surface area contributed by atoms with Gasteiger partial charge in [-0.2, -0.15) is 0 Å². The largest absolute Gasteiger partial charge is 0.335 e. The lowest BCUT2D eigenvalue weighted by Gasteiger charge is -2.20. The molecule has 7 rings (SSSR count). The highest BCUT2D eigenvalue weighted by Gasteiger charge is 2.30. The molecule has 0 radical (unpaired) electrons. The molecule has 2 aromatic heterocycles. The monoisotopic (exact) mass is 546 g/mol.